The van der Waals surface area contributed by atoms with Crippen LogP contribution in [0.3, 0.4) is 0 Å². The van der Waals surface area contributed by atoms with Gasteiger partial charge in [0.2, 0.25) is 0 Å². The van der Waals surface area contributed by atoms with E-state index in [-0.39, 0.29) is 5.41 Å². The smallest absolute Gasteiger partial charge is 0.337 e. The number of carboxylic acid groups (broad SMARTS) is 1. The van der Waals surface area contributed by atoms with Gasteiger partial charge in [0.1, 0.15) is 0 Å². The molecule has 2 aromatic rings. The number of thiophene rings is 1. The lowest BCUT2D eigenvalue weighted by Gasteiger charge is -2.29. The number of hydrogen-bond donors (Lipinski definition) is 1. The molecule has 0 unspecified atom stereocenters. The van der Waals surface area contributed by atoms with Crippen LogP contribution in [0, 0.1) is 5.41 Å². The van der Waals surface area contributed by atoms with Crippen LogP contribution >= 0.6 is 11.3 Å². The van der Waals surface area contributed by atoms with Gasteiger partial charge in [-0.1, -0.05) is 32.0 Å². The van der Waals surface area contributed by atoms with Crippen LogP contribution in [-0.4, -0.2) is 24.7 Å². The van der Waals surface area contributed by atoms with Gasteiger partial charge in [-0.15, -0.1) is 11.3 Å². The molecule has 1 N–H and O–H groups in total. The third-order valence-corrected chi connectivity index (χ3v) is 6.35. The lowest BCUT2D eigenvalue weighted by atomic mass is 9.76. The van der Waals surface area contributed by atoms with Crippen LogP contribution in [-0.2, 0) is 12.8 Å². The summed E-state index contributed by atoms with van der Waals surface area (Å²) in [4.78, 5) is 16.4. The maximum atomic E-state index is 12.1. The summed E-state index contributed by atoms with van der Waals surface area (Å²) in [5, 5.41) is 9.92. The first-order chi connectivity index (χ1) is 11.3. The summed E-state index contributed by atoms with van der Waals surface area (Å²) >= 11 is 1.68. The number of rotatable bonds is 4. The van der Waals surface area contributed by atoms with Crippen LogP contribution in [0.4, 0.5) is 5.69 Å². The molecule has 0 spiro atoms. The molecule has 1 aliphatic rings. The van der Waals surface area contributed by atoms with E-state index in [1.807, 2.05) is 12.1 Å². The molecule has 128 valence electrons. The number of aromatic carboxylic acids is 1. The number of nitrogens with zero attached hydrogens (tertiary/aromatic N) is 1. The second-order valence-corrected chi connectivity index (χ2v) is 8.49. The van der Waals surface area contributed by atoms with Gasteiger partial charge in [-0.3, -0.25) is 0 Å². The summed E-state index contributed by atoms with van der Waals surface area (Å²) in [7, 11) is 2.05. The van der Waals surface area contributed by atoms with Crippen molar-refractivity contribution in [3.05, 3.63) is 40.3 Å². The largest absolute Gasteiger partial charge is 0.478 e. The Kier molecular flexibility index (Phi) is 4.43. The predicted molar refractivity (Wildman–Crippen MR) is 101 cm³/mol. The first-order valence-electron chi connectivity index (χ1n) is 8.52. The normalized spacial score (nSPS) is 15.8. The minimum absolute atomic E-state index is 0.176. The molecule has 1 aliphatic carbocycles. The molecular formula is C20H25NO2S. The lowest BCUT2D eigenvalue weighted by molar-refractivity contribution is 0.0696. The molecule has 1 aromatic heterocycles. The Morgan fingerprint density at radius 1 is 1.33 bits per heavy atom. The zero-order valence-electron chi connectivity index (χ0n) is 14.8. The van der Waals surface area contributed by atoms with Crippen LogP contribution in [0.15, 0.2) is 24.3 Å². The maximum absolute atomic E-state index is 12.1. The van der Waals surface area contributed by atoms with E-state index in [0.29, 0.717) is 5.56 Å². The van der Waals surface area contributed by atoms with Crippen molar-refractivity contribution in [3.8, 4) is 10.4 Å². The van der Waals surface area contributed by atoms with E-state index in [2.05, 4.69) is 44.9 Å². The van der Waals surface area contributed by atoms with E-state index in [4.69, 9.17) is 0 Å². The first-order valence-corrected chi connectivity index (χ1v) is 9.34. The standard InChI is InChI=1S/C20H25NO2S/c1-5-21(4)15-9-7-6-8-13(15)18-17(19(22)23)14-12-20(2,3)11-10-16(14)24-18/h6-9H,5,10-12H2,1-4H3,(H,22,23). The summed E-state index contributed by atoms with van der Waals surface area (Å²) < 4.78 is 0. The highest BCUT2D eigenvalue weighted by Gasteiger charge is 2.33. The molecule has 1 aromatic carbocycles. The number of fused-ring (bicyclic) bond motifs is 1. The van der Waals surface area contributed by atoms with Gasteiger partial charge in [-0.25, -0.2) is 4.79 Å². The zero-order valence-corrected chi connectivity index (χ0v) is 15.7. The number of aryl methyl sites for hydroxylation is 1. The van der Waals surface area contributed by atoms with E-state index in [1.54, 1.807) is 11.3 Å². The molecule has 0 radical (unpaired) electrons. The minimum atomic E-state index is -0.797. The van der Waals surface area contributed by atoms with Crippen LogP contribution < -0.4 is 4.90 Å². The molecule has 0 amide bonds. The second kappa shape index (κ2) is 6.25. The SMILES string of the molecule is CCN(C)c1ccccc1-c1sc2c(c1C(=O)O)CC(C)(C)CC2. The molecule has 0 atom stereocenters. The molecule has 0 bridgehead atoms. The second-order valence-electron chi connectivity index (χ2n) is 7.39. The third-order valence-electron chi connectivity index (χ3n) is 5.02. The lowest BCUT2D eigenvalue weighted by Crippen LogP contribution is -2.22. The highest BCUT2D eigenvalue weighted by molar-refractivity contribution is 7.16. The van der Waals surface area contributed by atoms with Gasteiger partial charge in [-0.05, 0) is 43.2 Å². The molecule has 4 heteroatoms. The van der Waals surface area contributed by atoms with E-state index in [1.165, 1.54) is 4.88 Å². The molecule has 0 saturated carbocycles. The Labute approximate surface area is 147 Å². The number of hydrogen-bond acceptors (Lipinski definition) is 3. The van der Waals surface area contributed by atoms with Gasteiger partial charge < -0.3 is 10.0 Å². The van der Waals surface area contributed by atoms with Crippen LogP contribution in [0.2, 0.25) is 0 Å². The summed E-state index contributed by atoms with van der Waals surface area (Å²) in [5.74, 6) is -0.797. The van der Waals surface area contributed by atoms with E-state index in [0.717, 1.165) is 47.5 Å². The van der Waals surface area contributed by atoms with Crippen LogP contribution in [0.25, 0.3) is 10.4 Å². The zero-order chi connectivity index (χ0) is 17.5. The topological polar surface area (TPSA) is 40.5 Å². The van der Waals surface area contributed by atoms with Crippen molar-refractivity contribution in [1.29, 1.82) is 0 Å². The summed E-state index contributed by atoms with van der Waals surface area (Å²) in [6, 6.07) is 8.14. The van der Waals surface area contributed by atoms with Gasteiger partial charge in [0.25, 0.3) is 0 Å². The Hall–Kier alpha value is -1.81. The van der Waals surface area contributed by atoms with Crippen molar-refractivity contribution in [2.75, 3.05) is 18.5 Å². The fourth-order valence-corrected chi connectivity index (χ4v) is 4.85. The van der Waals surface area contributed by atoms with E-state index < -0.39 is 5.97 Å². The molecule has 3 nitrogen and oxygen atoms in total. The Balaban J connectivity index is 2.21. The number of anilines is 1. The monoisotopic (exact) mass is 343 g/mol. The molecule has 24 heavy (non-hydrogen) atoms. The average Bonchev–Trinajstić information content (AvgIpc) is 2.91. The molecule has 0 fully saturated rings. The van der Waals surface area contributed by atoms with E-state index in [9.17, 15) is 9.90 Å². The van der Waals surface area contributed by atoms with Crippen molar-refractivity contribution in [1.82, 2.24) is 0 Å². The summed E-state index contributed by atoms with van der Waals surface area (Å²) in [6.07, 6.45) is 2.96. The van der Waals surface area contributed by atoms with Crippen molar-refractivity contribution in [3.63, 3.8) is 0 Å². The number of benzene rings is 1. The first kappa shape index (κ1) is 17.0. The van der Waals surface area contributed by atoms with Crippen molar-refractivity contribution in [2.45, 2.75) is 40.0 Å². The molecule has 0 aliphatic heterocycles. The Bertz CT molecular complexity index is 776. The van der Waals surface area contributed by atoms with Gasteiger partial charge in [0.15, 0.2) is 0 Å². The van der Waals surface area contributed by atoms with Crippen LogP contribution in [0.5, 0.6) is 0 Å². The van der Waals surface area contributed by atoms with Crippen LogP contribution in [0.1, 0.15) is 48.0 Å². The Morgan fingerprint density at radius 3 is 2.71 bits per heavy atom. The minimum Gasteiger partial charge on any atom is -0.478 e. The highest BCUT2D eigenvalue weighted by Crippen LogP contribution is 2.46. The third kappa shape index (κ3) is 2.95. The van der Waals surface area contributed by atoms with Crippen molar-refractivity contribution in [2.24, 2.45) is 5.41 Å². The summed E-state index contributed by atoms with van der Waals surface area (Å²) in [6.45, 7) is 7.46. The van der Waals surface area contributed by atoms with Crippen molar-refractivity contribution < 1.29 is 9.90 Å². The molecular weight excluding hydrogens is 318 g/mol. The molecule has 0 saturated heterocycles. The molecule has 1 heterocycles. The number of para-hydroxylation sites is 1. The Morgan fingerprint density at radius 2 is 2.04 bits per heavy atom. The average molecular weight is 343 g/mol. The summed E-state index contributed by atoms with van der Waals surface area (Å²) in [5.41, 5.74) is 3.90. The predicted octanol–water partition coefficient (Wildman–Crippen LogP) is 5.08. The highest BCUT2D eigenvalue weighted by atomic mass is 32.1. The van der Waals surface area contributed by atoms with Gasteiger partial charge in [0, 0.05) is 29.7 Å². The van der Waals surface area contributed by atoms with Gasteiger partial charge in [-0.2, -0.15) is 0 Å². The fraction of sp³-hybridized carbons (Fsp3) is 0.450. The fourth-order valence-electron chi connectivity index (χ4n) is 3.50. The van der Waals surface area contributed by atoms with E-state index >= 15 is 0 Å². The van der Waals surface area contributed by atoms with Gasteiger partial charge >= 0.3 is 5.97 Å². The van der Waals surface area contributed by atoms with Crippen molar-refractivity contribution >= 4 is 23.0 Å². The maximum Gasteiger partial charge on any atom is 0.337 e. The quantitative estimate of drug-likeness (QED) is 0.841. The number of carboxylic acids is 1. The van der Waals surface area contributed by atoms with Gasteiger partial charge in [0.05, 0.1) is 10.4 Å². The molecule has 3 rings (SSSR count). The number of carbonyl (C=O) groups is 1.